The molecular formula is C23H30N4O3. The number of nitrogens with zero attached hydrogens (tertiary/aromatic N) is 3. The quantitative estimate of drug-likeness (QED) is 0.585. The third-order valence-electron chi connectivity index (χ3n) is 5.58. The lowest BCUT2D eigenvalue weighted by molar-refractivity contribution is -0.142. The molecule has 30 heavy (non-hydrogen) atoms. The van der Waals surface area contributed by atoms with Crippen molar-refractivity contribution in [1.29, 1.82) is 0 Å². The van der Waals surface area contributed by atoms with Crippen molar-refractivity contribution in [3.05, 3.63) is 60.1 Å². The van der Waals surface area contributed by atoms with Crippen LogP contribution in [0.25, 0.3) is 0 Å². The van der Waals surface area contributed by atoms with E-state index < -0.39 is 0 Å². The van der Waals surface area contributed by atoms with Crippen molar-refractivity contribution in [1.82, 2.24) is 15.1 Å². The number of hydrogen-bond acceptors (Lipinski definition) is 4. The molecule has 7 heteroatoms. The van der Waals surface area contributed by atoms with Gasteiger partial charge in [0.25, 0.3) is 5.91 Å². The molecule has 2 aliphatic heterocycles. The van der Waals surface area contributed by atoms with Gasteiger partial charge in [-0.2, -0.15) is 0 Å². The number of hydrogen-bond donors (Lipinski definition) is 1. The molecule has 7 nitrogen and oxygen atoms in total. The van der Waals surface area contributed by atoms with Gasteiger partial charge in [0.05, 0.1) is 12.8 Å². The Kier molecular flexibility index (Phi) is 7.03. The second-order valence-corrected chi connectivity index (χ2v) is 7.70. The molecule has 4 rings (SSSR count). The second-order valence-electron chi connectivity index (χ2n) is 7.70. The van der Waals surface area contributed by atoms with Crippen molar-refractivity contribution in [2.45, 2.75) is 31.9 Å². The van der Waals surface area contributed by atoms with E-state index in [1.807, 2.05) is 35.2 Å². The van der Waals surface area contributed by atoms with Crippen LogP contribution in [-0.4, -0.2) is 67.1 Å². The fraction of sp³-hybridized carbons (Fsp3) is 0.478. The third kappa shape index (κ3) is 5.42. The van der Waals surface area contributed by atoms with Crippen molar-refractivity contribution in [3.8, 4) is 0 Å². The molecule has 1 amide bonds. The van der Waals surface area contributed by atoms with Crippen LogP contribution in [-0.2, 0) is 22.5 Å². The van der Waals surface area contributed by atoms with Gasteiger partial charge < -0.3 is 24.3 Å². The maximum absolute atomic E-state index is 12.6. The van der Waals surface area contributed by atoms with Gasteiger partial charge in [-0.05, 0) is 30.5 Å². The summed E-state index contributed by atoms with van der Waals surface area (Å²) in [5.41, 5.74) is 1.18. The number of ether oxygens (including phenoxy) is 1. The zero-order valence-corrected chi connectivity index (χ0v) is 17.3. The first-order valence-electron chi connectivity index (χ1n) is 10.8. The molecule has 1 aromatic heterocycles. The minimum Gasteiger partial charge on any atom is -0.469 e. The zero-order valence-electron chi connectivity index (χ0n) is 17.3. The number of furan rings is 1. The number of guanidine groups is 1. The number of rotatable bonds is 6. The highest BCUT2D eigenvalue weighted by Crippen LogP contribution is 2.16. The van der Waals surface area contributed by atoms with Crippen LogP contribution < -0.4 is 5.32 Å². The topological polar surface area (TPSA) is 70.3 Å². The fourth-order valence-corrected chi connectivity index (χ4v) is 3.88. The normalized spacial score (nSPS) is 19.9. The molecule has 3 heterocycles. The number of nitrogens with one attached hydrogen (secondary N) is 1. The summed E-state index contributed by atoms with van der Waals surface area (Å²) in [4.78, 5) is 21.6. The molecule has 1 N–H and O–H groups in total. The number of carbonyl (C=O) groups excluding carboxylic acids is 1. The van der Waals surface area contributed by atoms with E-state index in [0.717, 1.165) is 50.6 Å². The average Bonchev–Trinajstić information content (AvgIpc) is 3.51. The van der Waals surface area contributed by atoms with Gasteiger partial charge in [-0.3, -0.25) is 4.79 Å². The van der Waals surface area contributed by atoms with Crippen LogP contribution in [0.15, 0.2) is 58.1 Å². The van der Waals surface area contributed by atoms with Gasteiger partial charge in [0, 0.05) is 45.8 Å². The minimum absolute atomic E-state index is 0.140. The predicted molar refractivity (Wildman–Crippen MR) is 115 cm³/mol. The molecular weight excluding hydrogens is 380 g/mol. The van der Waals surface area contributed by atoms with Crippen molar-refractivity contribution >= 4 is 11.9 Å². The molecule has 2 saturated heterocycles. The van der Waals surface area contributed by atoms with E-state index in [-0.39, 0.29) is 12.0 Å². The summed E-state index contributed by atoms with van der Waals surface area (Å²) in [5.74, 6) is 1.98. The maximum Gasteiger partial charge on any atom is 0.251 e. The summed E-state index contributed by atoms with van der Waals surface area (Å²) >= 11 is 0. The average molecular weight is 411 g/mol. The Hall–Kier alpha value is -2.80. The van der Waals surface area contributed by atoms with Gasteiger partial charge in [-0.15, -0.1) is 0 Å². The Bertz CT molecular complexity index is 808. The molecule has 1 atom stereocenters. The summed E-state index contributed by atoms with van der Waals surface area (Å²) < 4.78 is 11.0. The van der Waals surface area contributed by atoms with Crippen molar-refractivity contribution in [2.75, 3.05) is 39.3 Å². The Labute approximate surface area is 177 Å². The second kappa shape index (κ2) is 10.3. The standard InChI is InChI=1S/C23H30N4O3/c28-22(21-9-5-17-30-21)26-12-14-27(15-13-26)23(24-11-10-20-8-4-16-29-20)25-18-19-6-2-1-3-7-19/h1-4,6-8,16,21H,5,9-15,17-18H2,(H,24,25). The van der Waals surface area contributed by atoms with Crippen LogP contribution in [0.2, 0.25) is 0 Å². The van der Waals surface area contributed by atoms with E-state index in [9.17, 15) is 4.79 Å². The SMILES string of the molecule is O=C(C1CCCO1)N1CCN(C(=NCc2ccccc2)NCCc2ccco2)CC1. The summed E-state index contributed by atoms with van der Waals surface area (Å²) in [5, 5.41) is 3.48. The van der Waals surface area contributed by atoms with Gasteiger partial charge in [-0.25, -0.2) is 4.99 Å². The van der Waals surface area contributed by atoms with E-state index in [0.29, 0.717) is 26.2 Å². The molecule has 1 aromatic carbocycles. The van der Waals surface area contributed by atoms with Gasteiger partial charge in [0.1, 0.15) is 11.9 Å². The first kappa shape index (κ1) is 20.5. The van der Waals surface area contributed by atoms with Crippen LogP contribution in [0.4, 0.5) is 0 Å². The zero-order chi connectivity index (χ0) is 20.6. The number of carbonyl (C=O) groups is 1. The fourth-order valence-electron chi connectivity index (χ4n) is 3.88. The molecule has 160 valence electrons. The highest BCUT2D eigenvalue weighted by atomic mass is 16.5. The maximum atomic E-state index is 12.6. The molecule has 2 fully saturated rings. The number of amides is 1. The smallest absolute Gasteiger partial charge is 0.251 e. The first-order chi connectivity index (χ1) is 14.8. The molecule has 0 saturated carbocycles. The van der Waals surface area contributed by atoms with Crippen LogP contribution in [0, 0.1) is 0 Å². The number of aliphatic imine (C=N–C) groups is 1. The summed E-state index contributed by atoms with van der Waals surface area (Å²) in [6.07, 6.45) is 4.08. The van der Waals surface area contributed by atoms with Crippen molar-refractivity contribution < 1.29 is 13.9 Å². The molecule has 2 aliphatic rings. The monoisotopic (exact) mass is 410 g/mol. The van der Waals surface area contributed by atoms with E-state index in [1.165, 1.54) is 5.56 Å². The van der Waals surface area contributed by atoms with Crippen LogP contribution >= 0.6 is 0 Å². The molecule has 0 radical (unpaired) electrons. The van der Waals surface area contributed by atoms with Crippen LogP contribution in [0.3, 0.4) is 0 Å². The Morgan fingerprint density at radius 2 is 1.87 bits per heavy atom. The van der Waals surface area contributed by atoms with Crippen LogP contribution in [0.5, 0.6) is 0 Å². The lowest BCUT2D eigenvalue weighted by Crippen LogP contribution is -2.55. The number of benzene rings is 1. The van der Waals surface area contributed by atoms with E-state index in [1.54, 1.807) is 6.26 Å². The highest BCUT2D eigenvalue weighted by molar-refractivity contribution is 5.83. The van der Waals surface area contributed by atoms with Crippen molar-refractivity contribution in [3.63, 3.8) is 0 Å². The van der Waals surface area contributed by atoms with Crippen molar-refractivity contribution in [2.24, 2.45) is 4.99 Å². The highest BCUT2D eigenvalue weighted by Gasteiger charge is 2.30. The number of piperazine rings is 1. The lowest BCUT2D eigenvalue weighted by atomic mass is 10.2. The largest absolute Gasteiger partial charge is 0.469 e. The Balaban J connectivity index is 1.35. The minimum atomic E-state index is -0.241. The summed E-state index contributed by atoms with van der Waals surface area (Å²) in [6.45, 7) is 4.99. The Morgan fingerprint density at radius 3 is 2.57 bits per heavy atom. The molecule has 2 aromatic rings. The molecule has 0 aliphatic carbocycles. The Morgan fingerprint density at radius 1 is 1.07 bits per heavy atom. The van der Waals surface area contributed by atoms with E-state index in [2.05, 4.69) is 22.3 Å². The molecule has 1 unspecified atom stereocenters. The summed E-state index contributed by atoms with van der Waals surface area (Å²) in [7, 11) is 0. The van der Waals surface area contributed by atoms with E-state index >= 15 is 0 Å². The van der Waals surface area contributed by atoms with Gasteiger partial charge in [0.15, 0.2) is 5.96 Å². The predicted octanol–water partition coefficient (Wildman–Crippen LogP) is 2.29. The molecule has 0 spiro atoms. The molecule has 0 bridgehead atoms. The summed E-state index contributed by atoms with van der Waals surface area (Å²) in [6, 6.07) is 14.1. The van der Waals surface area contributed by atoms with E-state index in [4.69, 9.17) is 14.1 Å². The van der Waals surface area contributed by atoms with Gasteiger partial charge >= 0.3 is 0 Å². The van der Waals surface area contributed by atoms with Crippen LogP contribution in [0.1, 0.15) is 24.2 Å². The first-order valence-corrected chi connectivity index (χ1v) is 10.8. The lowest BCUT2D eigenvalue weighted by Gasteiger charge is -2.37. The van der Waals surface area contributed by atoms with Gasteiger partial charge in [-0.1, -0.05) is 30.3 Å². The third-order valence-corrected chi connectivity index (χ3v) is 5.58. The van der Waals surface area contributed by atoms with Gasteiger partial charge in [0.2, 0.25) is 0 Å².